The molecule has 0 unspecified atom stereocenters. The Morgan fingerprint density at radius 2 is 1.68 bits per heavy atom. The van der Waals surface area contributed by atoms with Crippen LogP contribution >= 0.6 is 15.9 Å². The van der Waals surface area contributed by atoms with Gasteiger partial charge in [-0.2, -0.15) is 0 Å². The molecule has 2 aromatic rings. The van der Waals surface area contributed by atoms with Crippen LogP contribution in [0.4, 0.5) is 0 Å². The number of nitrogens with one attached hydrogen (secondary N) is 1. The van der Waals surface area contributed by atoms with Crippen molar-refractivity contribution in [2.45, 2.75) is 46.2 Å². The molecular weight excluding hydrogens is 416 g/mol. The van der Waals surface area contributed by atoms with Crippen molar-refractivity contribution < 1.29 is 9.59 Å². The number of hydrogen-bond donors (Lipinski definition) is 1. The van der Waals surface area contributed by atoms with E-state index in [-0.39, 0.29) is 11.8 Å². The van der Waals surface area contributed by atoms with Crippen molar-refractivity contribution in [3.05, 3.63) is 70.2 Å². The predicted molar refractivity (Wildman–Crippen MR) is 117 cm³/mol. The molecule has 2 rings (SSSR count). The number of rotatable bonds is 9. The molecular formula is C23H29BrN2O2. The normalized spacial score (nSPS) is 11.9. The average Bonchev–Trinajstić information content (AvgIpc) is 2.68. The number of nitrogens with zero attached hydrogens (tertiary/aromatic N) is 1. The van der Waals surface area contributed by atoms with Gasteiger partial charge in [-0.1, -0.05) is 72.2 Å². The number of benzene rings is 2. The van der Waals surface area contributed by atoms with Crippen LogP contribution in [0.2, 0.25) is 0 Å². The van der Waals surface area contributed by atoms with Crippen molar-refractivity contribution in [2.24, 2.45) is 5.92 Å². The fraction of sp³-hybridized carbons (Fsp3) is 0.391. The average molecular weight is 445 g/mol. The fourth-order valence-electron chi connectivity index (χ4n) is 2.91. The lowest BCUT2D eigenvalue weighted by molar-refractivity contribution is -0.140. The Hall–Kier alpha value is -2.14. The summed E-state index contributed by atoms with van der Waals surface area (Å²) in [5, 5.41) is 2.95. The van der Waals surface area contributed by atoms with Gasteiger partial charge in [-0.3, -0.25) is 9.59 Å². The van der Waals surface area contributed by atoms with Crippen molar-refractivity contribution in [1.29, 1.82) is 0 Å². The van der Waals surface area contributed by atoms with E-state index < -0.39 is 6.04 Å². The molecule has 0 spiro atoms. The molecule has 1 N–H and O–H groups in total. The SMILES string of the molecule is CC(C)CNC(=O)[C@H](C)N(Cc1cccc(Br)c1)C(=O)CCc1ccccc1. The second-order valence-electron chi connectivity index (χ2n) is 7.45. The maximum atomic E-state index is 13.0. The molecule has 150 valence electrons. The molecule has 0 aliphatic rings. The van der Waals surface area contributed by atoms with Crippen LogP contribution in [0.5, 0.6) is 0 Å². The Bertz CT molecular complexity index is 777. The fourth-order valence-corrected chi connectivity index (χ4v) is 3.35. The number of halogens is 1. The molecule has 0 aromatic heterocycles. The van der Waals surface area contributed by atoms with Crippen molar-refractivity contribution in [1.82, 2.24) is 10.2 Å². The van der Waals surface area contributed by atoms with Gasteiger partial charge in [0.1, 0.15) is 6.04 Å². The van der Waals surface area contributed by atoms with Crippen LogP contribution in [0.25, 0.3) is 0 Å². The maximum absolute atomic E-state index is 13.0. The first-order chi connectivity index (χ1) is 13.4. The monoisotopic (exact) mass is 444 g/mol. The predicted octanol–water partition coefficient (Wildman–Crippen LogP) is 4.57. The van der Waals surface area contributed by atoms with Gasteiger partial charge in [-0.05, 0) is 42.5 Å². The summed E-state index contributed by atoms with van der Waals surface area (Å²) in [6.07, 6.45) is 1.04. The number of carbonyl (C=O) groups is 2. The van der Waals surface area contributed by atoms with Gasteiger partial charge in [0.25, 0.3) is 0 Å². The van der Waals surface area contributed by atoms with Crippen molar-refractivity contribution >= 4 is 27.7 Å². The van der Waals surface area contributed by atoms with Crippen LogP contribution in [0.15, 0.2) is 59.1 Å². The van der Waals surface area contributed by atoms with Gasteiger partial charge >= 0.3 is 0 Å². The van der Waals surface area contributed by atoms with E-state index in [1.54, 1.807) is 11.8 Å². The van der Waals surface area contributed by atoms with E-state index in [1.807, 2.05) is 54.6 Å². The van der Waals surface area contributed by atoms with Crippen molar-refractivity contribution in [3.8, 4) is 0 Å². The highest BCUT2D eigenvalue weighted by Gasteiger charge is 2.26. The summed E-state index contributed by atoms with van der Waals surface area (Å²) in [6, 6.07) is 17.3. The van der Waals surface area contributed by atoms with Crippen LogP contribution in [0.1, 0.15) is 38.3 Å². The highest BCUT2D eigenvalue weighted by atomic mass is 79.9. The number of aryl methyl sites for hydroxylation is 1. The summed E-state index contributed by atoms with van der Waals surface area (Å²) >= 11 is 3.47. The Labute approximate surface area is 176 Å². The lowest BCUT2D eigenvalue weighted by Crippen LogP contribution is -2.48. The highest BCUT2D eigenvalue weighted by molar-refractivity contribution is 9.10. The van der Waals surface area contributed by atoms with E-state index in [0.717, 1.165) is 15.6 Å². The van der Waals surface area contributed by atoms with E-state index in [1.165, 1.54) is 0 Å². The van der Waals surface area contributed by atoms with Crippen molar-refractivity contribution in [3.63, 3.8) is 0 Å². The summed E-state index contributed by atoms with van der Waals surface area (Å²) in [7, 11) is 0. The molecule has 0 bridgehead atoms. The zero-order valence-corrected chi connectivity index (χ0v) is 18.4. The third-order valence-corrected chi connectivity index (χ3v) is 5.06. The Morgan fingerprint density at radius 3 is 2.32 bits per heavy atom. The van der Waals surface area contributed by atoms with E-state index in [0.29, 0.717) is 31.8 Å². The second-order valence-corrected chi connectivity index (χ2v) is 8.37. The third kappa shape index (κ3) is 7.12. The minimum atomic E-state index is -0.527. The van der Waals surface area contributed by atoms with Gasteiger partial charge in [0.15, 0.2) is 0 Å². The summed E-state index contributed by atoms with van der Waals surface area (Å²) in [6.45, 7) is 6.91. The molecule has 4 nitrogen and oxygen atoms in total. The topological polar surface area (TPSA) is 49.4 Å². The summed E-state index contributed by atoms with van der Waals surface area (Å²) in [5.41, 5.74) is 2.11. The van der Waals surface area contributed by atoms with Crippen molar-refractivity contribution in [2.75, 3.05) is 6.54 Å². The van der Waals surface area contributed by atoms with Gasteiger partial charge in [0, 0.05) is 24.0 Å². The van der Waals surface area contributed by atoms with Crippen LogP contribution in [0.3, 0.4) is 0 Å². The number of carbonyl (C=O) groups excluding carboxylic acids is 2. The minimum Gasteiger partial charge on any atom is -0.354 e. The van der Waals surface area contributed by atoms with Gasteiger partial charge in [-0.15, -0.1) is 0 Å². The number of hydrogen-bond acceptors (Lipinski definition) is 2. The van der Waals surface area contributed by atoms with E-state index in [2.05, 4.69) is 35.1 Å². The molecule has 2 aromatic carbocycles. The molecule has 0 aliphatic heterocycles. The lowest BCUT2D eigenvalue weighted by atomic mass is 10.1. The lowest BCUT2D eigenvalue weighted by Gasteiger charge is -2.29. The first-order valence-electron chi connectivity index (χ1n) is 9.72. The minimum absolute atomic E-state index is 0.0176. The Balaban J connectivity index is 2.11. The summed E-state index contributed by atoms with van der Waals surface area (Å²) in [5.74, 6) is 0.233. The molecule has 28 heavy (non-hydrogen) atoms. The molecule has 0 radical (unpaired) electrons. The molecule has 2 amide bonds. The molecule has 0 fully saturated rings. The van der Waals surface area contributed by atoms with Crippen LogP contribution < -0.4 is 5.32 Å². The first-order valence-corrected chi connectivity index (χ1v) is 10.5. The maximum Gasteiger partial charge on any atom is 0.242 e. The third-order valence-electron chi connectivity index (χ3n) is 4.56. The van der Waals surface area contributed by atoms with E-state index >= 15 is 0 Å². The molecule has 0 saturated carbocycles. The van der Waals surface area contributed by atoms with Crippen LogP contribution in [0, 0.1) is 5.92 Å². The van der Waals surface area contributed by atoms with Gasteiger partial charge in [-0.25, -0.2) is 0 Å². The standard InChI is InChI=1S/C23H29BrN2O2/c1-17(2)15-25-23(28)18(3)26(16-20-10-7-11-21(24)14-20)22(27)13-12-19-8-5-4-6-9-19/h4-11,14,17-18H,12-13,15-16H2,1-3H3,(H,25,28)/t18-/m0/s1. The van der Waals surface area contributed by atoms with Crippen LogP contribution in [-0.2, 0) is 22.6 Å². The smallest absolute Gasteiger partial charge is 0.242 e. The quantitative estimate of drug-likeness (QED) is 0.615. The zero-order chi connectivity index (χ0) is 20.5. The summed E-state index contributed by atoms with van der Waals surface area (Å²) in [4.78, 5) is 27.3. The highest BCUT2D eigenvalue weighted by Crippen LogP contribution is 2.17. The summed E-state index contributed by atoms with van der Waals surface area (Å²) < 4.78 is 0.957. The Kier molecular flexibility index (Phi) is 8.71. The Morgan fingerprint density at radius 1 is 1.00 bits per heavy atom. The first kappa shape index (κ1) is 22.2. The molecule has 0 saturated heterocycles. The zero-order valence-electron chi connectivity index (χ0n) is 16.8. The van der Waals surface area contributed by atoms with Gasteiger partial charge < -0.3 is 10.2 Å². The molecule has 1 atom stereocenters. The van der Waals surface area contributed by atoms with Gasteiger partial charge in [0.2, 0.25) is 11.8 Å². The molecule has 5 heteroatoms. The van der Waals surface area contributed by atoms with Crippen LogP contribution in [-0.4, -0.2) is 29.3 Å². The molecule has 0 aliphatic carbocycles. The number of amides is 2. The van der Waals surface area contributed by atoms with Gasteiger partial charge in [0.05, 0.1) is 0 Å². The van der Waals surface area contributed by atoms with E-state index in [9.17, 15) is 9.59 Å². The largest absolute Gasteiger partial charge is 0.354 e. The second kappa shape index (κ2) is 11.0. The van der Waals surface area contributed by atoms with E-state index in [4.69, 9.17) is 0 Å². The molecule has 0 heterocycles.